The molecule has 2 aromatic carbocycles. The van der Waals surface area contributed by atoms with Gasteiger partial charge in [-0.15, -0.1) is 0 Å². The third-order valence-corrected chi connectivity index (χ3v) is 3.42. The van der Waals surface area contributed by atoms with Crippen molar-refractivity contribution >= 4 is 21.6 Å². The predicted octanol–water partition coefficient (Wildman–Crippen LogP) is 4.39. The van der Waals surface area contributed by atoms with Crippen molar-refractivity contribution in [1.82, 2.24) is 0 Å². The van der Waals surface area contributed by atoms with Gasteiger partial charge in [0.05, 0.1) is 29.8 Å². The van der Waals surface area contributed by atoms with E-state index < -0.39 is 0 Å². The van der Waals surface area contributed by atoms with Gasteiger partial charge >= 0.3 is 0 Å². The molecular formula is C16H12BrN3. The second-order valence-corrected chi connectivity index (χ2v) is 5.19. The van der Waals surface area contributed by atoms with Crippen LogP contribution in [0.3, 0.4) is 0 Å². The molecule has 2 rings (SSSR count). The van der Waals surface area contributed by atoms with E-state index >= 15 is 0 Å². The normalized spacial score (nSPS) is 11.2. The lowest BCUT2D eigenvalue weighted by molar-refractivity contribution is 0.805. The number of nitrogens with zero attached hydrogens (tertiary/aromatic N) is 2. The fourth-order valence-corrected chi connectivity index (χ4v) is 2.31. The molecule has 0 bridgehead atoms. The fraction of sp³-hybridized carbons (Fsp3) is 0.125. The van der Waals surface area contributed by atoms with Crippen molar-refractivity contribution in [2.75, 3.05) is 5.32 Å². The van der Waals surface area contributed by atoms with Crippen LogP contribution in [0.15, 0.2) is 53.0 Å². The highest BCUT2D eigenvalue weighted by Crippen LogP contribution is 2.27. The molecule has 1 atom stereocenters. The Balaban J connectivity index is 2.32. The SMILES string of the molecule is N#CCC(Nc1cc(Br)ccc1C#N)c1ccccc1. The second-order valence-electron chi connectivity index (χ2n) is 4.27. The third-order valence-electron chi connectivity index (χ3n) is 2.93. The number of nitrogens with one attached hydrogen (secondary N) is 1. The third kappa shape index (κ3) is 3.38. The van der Waals surface area contributed by atoms with Gasteiger partial charge in [0, 0.05) is 4.47 Å². The molecule has 0 heterocycles. The molecule has 0 radical (unpaired) electrons. The van der Waals surface area contributed by atoms with E-state index in [9.17, 15) is 0 Å². The molecule has 3 nitrogen and oxygen atoms in total. The molecule has 0 saturated carbocycles. The zero-order chi connectivity index (χ0) is 14.4. The second kappa shape index (κ2) is 6.75. The Bertz CT molecular complexity index is 668. The largest absolute Gasteiger partial charge is 0.376 e. The molecule has 0 aliphatic carbocycles. The van der Waals surface area contributed by atoms with Crippen molar-refractivity contribution in [3.05, 3.63) is 64.1 Å². The summed E-state index contributed by atoms with van der Waals surface area (Å²) in [5.41, 5.74) is 2.32. The number of hydrogen-bond acceptors (Lipinski definition) is 3. The van der Waals surface area contributed by atoms with E-state index in [1.165, 1.54) is 0 Å². The molecule has 0 saturated heterocycles. The monoisotopic (exact) mass is 325 g/mol. The number of hydrogen-bond donors (Lipinski definition) is 1. The van der Waals surface area contributed by atoms with Crippen LogP contribution in [0.2, 0.25) is 0 Å². The average molecular weight is 326 g/mol. The first kappa shape index (κ1) is 14.1. The van der Waals surface area contributed by atoms with Crippen LogP contribution in [0.5, 0.6) is 0 Å². The van der Waals surface area contributed by atoms with Gasteiger partial charge in [-0.05, 0) is 23.8 Å². The van der Waals surface area contributed by atoms with Gasteiger partial charge in [0.25, 0.3) is 0 Å². The predicted molar refractivity (Wildman–Crippen MR) is 81.9 cm³/mol. The molecule has 0 spiro atoms. The van der Waals surface area contributed by atoms with Crippen molar-refractivity contribution in [2.45, 2.75) is 12.5 Å². The zero-order valence-electron chi connectivity index (χ0n) is 10.7. The van der Waals surface area contributed by atoms with Gasteiger partial charge in [0.15, 0.2) is 0 Å². The summed E-state index contributed by atoms with van der Waals surface area (Å²) in [5.74, 6) is 0. The average Bonchev–Trinajstić information content (AvgIpc) is 2.48. The number of benzene rings is 2. The Hall–Kier alpha value is -2.30. The van der Waals surface area contributed by atoms with Gasteiger partial charge in [-0.1, -0.05) is 46.3 Å². The van der Waals surface area contributed by atoms with Crippen molar-refractivity contribution < 1.29 is 0 Å². The first-order valence-corrected chi connectivity index (χ1v) is 6.92. The molecule has 4 heteroatoms. The standard InChI is InChI=1S/C16H12BrN3/c17-14-7-6-13(11-19)16(10-14)20-15(8-9-18)12-4-2-1-3-5-12/h1-7,10,15,20H,8H2. The van der Waals surface area contributed by atoms with Crippen LogP contribution in [0, 0.1) is 22.7 Å². The maximum atomic E-state index is 9.15. The molecule has 0 amide bonds. The van der Waals surface area contributed by atoms with E-state index in [-0.39, 0.29) is 6.04 Å². The van der Waals surface area contributed by atoms with Crippen LogP contribution in [0.1, 0.15) is 23.6 Å². The lowest BCUT2D eigenvalue weighted by Crippen LogP contribution is -2.11. The molecule has 0 fully saturated rings. The zero-order valence-corrected chi connectivity index (χ0v) is 12.3. The Labute approximate surface area is 126 Å². The fourth-order valence-electron chi connectivity index (χ4n) is 1.95. The van der Waals surface area contributed by atoms with Crippen LogP contribution in [0.4, 0.5) is 5.69 Å². The summed E-state index contributed by atoms with van der Waals surface area (Å²) in [6, 6.07) is 19.4. The summed E-state index contributed by atoms with van der Waals surface area (Å²) in [6.45, 7) is 0. The molecule has 98 valence electrons. The highest BCUT2D eigenvalue weighted by molar-refractivity contribution is 9.10. The molecule has 0 aromatic heterocycles. The van der Waals surface area contributed by atoms with Gasteiger partial charge < -0.3 is 5.32 Å². The van der Waals surface area contributed by atoms with E-state index in [1.54, 1.807) is 6.07 Å². The summed E-state index contributed by atoms with van der Waals surface area (Å²) in [4.78, 5) is 0. The van der Waals surface area contributed by atoms with Gasteiger partial charge in [-0.3, -0.25) is 0 Å². The Kier molecular flexibility index (Phi) is 4.76. The van der Waals surface area contributed by atoms with Crippen molar-refractivity contribution in [1.29, 1.82) is 10.5 Å². The van der Waals surface area contributed by atoms with E-state index in [2.05, 4.69) is 33.4 Å². The smallest absolute Gasteiger partial charge is 0.101 e. The first-order valence-electron chi connectivity index (χ1n) is 6.12. The van der Waals surface area contributed by atoms with Gasteiger partial charge in [-0.2, -0.15) is 10.5 Å². The molecule has 20 heavy (non-hydrogen) atoms. The first-order chi connectivity index (χ1) is 9.74. The summed E-state index contributed by atoms with van der Waals surface area (Å²) in [5, 5.41) is 21.4. The molecule has 0 aliphatic heterocycles. The van der Waals surface area contributed by atoms with Crippen LogP contribution >= 0.6 is 15.9 Å². The van der Waals surface area contributed by atoms with Crippen LogP contribution in [-0.4, -0.2) is 0 Å². The molecule has 2 aromatic rings. The highest BCUT2D eigenvalue weighted by atomic mass is 79.9. The number of halogens is 1. The number of rotatable bonds is 4. The number of anilines is 1. The molecule has 1 unspecified atom stereocenters. The van der Waals surface area contributed by atoms with E-state index in [0.717, 1.165) is 15.7 Å². The maximum absolute atomic E-state index is 9.15. The highest BCUT2D eigenvalue weighted by Gasteiger charge is 2.13. The topological polar surface area (TPSA) is 59.6 Å². The van der Waals surface area contributed by atoms with Crippen molar-refractivity contribution in [2.24, 2.45) is 0 Å². The summed E-state index contributed by atoms with van der Waals surface area (Å²) in [7, 11) is 0. The van der Waals surface area contributed by atoms with Crippen LogP contribution in [0.25, 0.3) is 0 Å². The minimum atomic E-state index is -0.136. The minimum absolute atomic E-state index is 0.136. The lowest BCUT2D eigenvalue weighted by Gasteiger charge is -2.18. The van der Waals surface area contributed by atoms with Crippen LogP contribution in [-0.2, 0) is 0 Å². The van der Waals surface area contributed by atoms with Crippen molar-refractivity contribution in [3.63, 3.8) is 0 Å². The quantitative estimate of drug-likeness (QED) is 0.906. The van der Waals surface area contributed by atoms with E-state index in [1.807, 2.05) is 42.5 Å². The summed E-state index contributed by atoms with van der Waals surface area (Å²) < 4.78 is 0.891. The Morgan fingerprint density at radius 2 is 1.85 bits per heavy atom. The lowest BCUT2D eigenvalue weighted by atomic mass is 10.0. The Morgan fingerprint density at radius 1 is 1.10 bits per heavy atom. The molecular weight excluding hydrogens is 314 g/mol. The van der Waals surface area contributed by atoms with Gasteiger partial charge in [0.1, 0.15) is 6.07 Å². The maximum Gasteiger partial charge on any atom is 0.101 e. The summed E-state index contributed by atoms with van der Waals surface area (Å²) >= 11 is 3.40. The Morgan fingerprint density at radius 3 is 2.50 bits per heavy atom. The van der Waals surface area contributed by atoms with Gasteiger partial charge in [0.2, 0.25) is 0 Å². The van der Waals surface area contributed by atoms with E-state index in [4.69, 9.17) is 10.5 Å². The molecule has 0 aliphatic rings. The minimum Gasteiger partial charge on any atom is -0.376 e. The van der Waals surface area contributed by atoms with Crippen molar-refractivity contribution in [3.8, 4) is 12.1 Å². The van der Waals surface area contributed by atoms with Crippen LogP contribution < -0.4 is 5.32 Å². The van der Waals surface area contributed by atoms with E-state index in [0.29, 0.717) is 12.0 Å². The van der Waals surface area contributed by atoms with Gasteiger partial charge in [-0.25, -0.2) is 0 Å². The number of nitriles is 2. The summed E-state index contributed by atoms with van der Waals surface area (Å²) in [6.07, 6.45) is 0.335. The molecule has 1 N–H and O–H groups in total.